The van der Waals surface area contributed by atoms with E-state index in [1.54, 1.807) is 23.6 Å². The van der Waals surface area contributed by atoms with E-state index in [4.69, 9.17) is 14.0 Å². The molecule has 1 aromatic carbocycles. The van der Waals surface area contributed by atoms with E-state index in [0.29, 0.717) is 31.1 Å². The highest BCUT2D eigenvalue weighted by Crippen LogP contribution is 2.65. The molecule has 9 nitrogen and oxygen atoms in total. The molecule has 7 aliphatic rings. The van der Waals surface area contributed by atoms with E-state index in [0.717, 1.165) is 31.2 Å². The van der Waals surface area contributed by atoms with Crippen molar-refractivity contribution >= 4 is 19.1 Å². The Balaban J connectivity index is 1.04. The van der Waals surface area contributed by atoms with Crippen LogP contribution in [0.2, 0.25) is 0 Å². The number of fused-ring (bicyclic) bond motifs is 2. The lowest BCUT2D eigenvalue weighted by molar-refractivity contribution is -0.199. The lowest BCUT2D eigenvalue weighted by Gasteiger charge is -2.64. The van der Waals surface area contributed by atoms with Crippen LogP contribution in [-0.4, -0.2) is 89.3 Å². The van der Waals surface area contributed by atoms with Gasteiger partial charge in [-0.1, -0.05) is 44.2 Å². The molecule has 1 unspecified atom stereocenters. The van der Waals surface area contributed by atoms with Crippen LogP contribution in [0, 0.1) is 28.6 Å². The molecule has 7 fully saturated rings. The Labute approximate surface area is 288 Å². The molecule has 8 rings (SSSR count). The average molecular weight is 679 g/mol. The zero-order chi connectivity index (χ0) is 35.0. The molecule has 4 heterocycles. The summed E-state index contributed by atoms with van der Waals surface area (Å²) < 4.78 is 47.3. The van der Waals surface area contributed by atoms with E-state index in [2.05, 4.69) is 32.2 Å². The topological polar surface area (TPSA) is 104 Å². The minimum atomic E-state index is -2.79. The number of amides is 2. The fourth-order valence-electron chi connectivity index (χ4n) is 10.1. The summed E-state index contributed by atoms with van der Waals surface area (Å²) in [7, 11) is -0.640. The van der Waals surface area contributed by atoms with E-state index >= 15 is 0 Å². The first kappa shape index (κ1) is 34.4. The number of halogens is 2. The fourth-order valence-corrected chi connectivity index (χ4v) is 10.1. The second-order valence-electron chi connectivity index (χ2n) is 16.8. The average Bonchev–Trinajstić information content (AvgIpc) is 3.81. The summed E-state index contributed by atoms with van der Waals surface area (Å²) in [6.45, 7) is 10.1. The maximum absolute atomic E-state index is 14.0. The third-order valence-corrected chi connectivity index (χ3v) is 13.2. The van der Waals surface area contributed by atoms with E-state index in [1.807, 2.05) is 30.3 Å². The SMILES string of the molecule is CC1(C)[C@@H]2CC3OB([C@H](Cc4ccccc4)NC(=O)OCC45CCC(CC4)N5C(=O)C(C#N)=CC(C)(C)N4CCC(F)(F)C4)O[C@@]3(C)[C@H]1C2. The van der Waals surface area contributed by atoms with Crippen LogP contribution in [0.15, 0.2) is 42.0 Å². The van der Waals surface area contributed by atoms with Crippen LogP contribution in [0.4, 0.5) is 13.6 Å². The molecule has 3 aliphatic carbocycles. The number of alkyl carbamates (subject to hydrolysis) is 1. The predicted octanol–water partition coefficient (Wildman–Crippen LogP) is 5.68. The van der Waals surface area contributed by atoms with Crippen LogP contribution < -0.4 is 5.32 Å². The van der Waals surface area contributed by atoms with Crippen LogP contribution in [0.5, 0.6) is 0 Å². The first-order valence-corrected chi connectivity index (χ1v) is 18.0. The maximum Gasteiger partial charge on any atom is 0.482 e. The molecule has 264 valence electrons. The summed E-state index contributed by atoms with van der Waals surface area (Å²) >= 11 is 0. The summed E-state index contributed by atoms with van der Waals surface area (Å²) in [5, 5.41) is 13.1. The van der Waals surface area contributed by atoms with Crippen molar-refractivity contribution in [2.45, 2.75) is 127 Å². The van der Waals surface area contributed by atoms with Gasteiger partial charge in [-0.15, -0.1) is 0 Å². The molecule has 5 atom stereocenters. The van der Waals surface area contributed by atoms with Crippen molar-refractivity contribution in [3.63, 3.8) is 0 Å². The van der Waals surface area contributed by atoms with Gasteiger partial charge in [-0.25, -0.2) is 13.6 Å². The lowest BCUT2D eigenvalue weighted by atomic mass is 9.43. The Bertz CT molecular complexity index is 1540. The molecule has 1 aromatic rings. The van der Waals surface area contributed by atoms with Gasteiger partial charge in [0.15, 0.2) is 0 Å². The molecule has 0 radical (unpaired) electrons. The van der Waals surface area contributed by atoms with Crippen molar-refractivity contribution in [2.75, 3.05) is 19.7 Å². The number of hydrogen-bond donors (Lipinski definition) is 1. The Morgan fingerprint density at radius 2 is 1.88 bits per heavy atom. The van der Waals surface area contributed by atoms with Crippen molar-refractivity contribution in [3.8, 4) is 6.07 Å². The van der Waals surface area contributed by atoms with Gasteiger partial charge in [-0.2, -0.15) is 5.26 Å². The van der Waals surface area contributed by atoms with E-state index in [-0.39, 0.29) is 42.7 Å². The first-order valence-electron chi connectivity index (χ1n) is 18.0. The highest BCUT2D eigenvalue weighted by molar-refractivity contribution is 6.47. The van der Waals surface area contributed by atoms with Gasteiger partial charge in [0.05, 0.1) is 29.7 Å². The Hall–Kier alpha value is -3.01. The lowest BCUT2D eigenvalue weighted by Crippen LogP contribution is -2.65. The number of carbonyl (C=O) groups is 2. The number of rotatable bonds is 9. The summed E-state index contributed by atoms with van der Waals surface area (Å²) in [4.78, 5) is 30.9. The van der Waals surface area contributed by atoms with Crippen molar-refractivity contribution in [1.29, 1.82) is 5.26 Å². The van der Waals surface area contributed by atoms with Crippen molar-refractivity contribution in [2.24, 2.45) is 17.3 Å². The molecule has 4 bridgehead atoms. The number of ether oxygens (including phenoxy) is 1. The van der Waals surface area contributed by atoms with Crippen LogP contribution in [-0.2, 0) is 25.3 Å². The molecule has 4 saturated heterocycles. The largest absolute Gasteiger partial charge is 0.482 e. The second-order valence-corrected chi connectivity index (χ2v) is 16.8. The van der Waals surface area contributed by atoms with Gasteiger partial charge in [0, 0.05) is 24.5 Å². The first-order chi connectivity index (χ1) is 23.1. The van der Waals surface area contributed by atoms with Gasteiger partial charge in [-0.05, 0) is 94.6 Å². The second kappa shape index (κ2) is 12.1. The number of benzene rings is 1. The number of nitrogens with one attached hydrogen (secondary N) is 1. The number of alkyl halides is 2. The normalized spacial score (nSPS) is 35.0. The number of nitrogens with zero attached hydrogens (tertiary/aromatic N) is 3. The molecule has 3 saturated carbocycles. The molecule has 0 aromatic heterocycles. The standard InChI is InChI=1S/C37H49BF2N4O5/c1-33(2,43-16-15-37(39,40)22-43)20-25(21-41)31(45)44-27-11-13-36(44,14-12-27)23-47-32(46)42-30(17-24-9-7-6-8-10-24)38-48-29-19-26-18-28(34(26,3)4)35(29,5)49-38/h6-10,20,26-30H,11-19,22-23H2,1-5H3,(H,42,46)/t26-,27?,28-,29?,30-,35-,36?/m0/s1. The number of hydrogen-bond acceptors (Lipinski definition) is 7. The molecular weight excluding hydrogens is 629 g/mol. The van der Waals surface area contributed by atoms with E-state index in [1.165, 1.54) is 6.08 Å². The van der Waals surface area contributed by atoms with Crippen molar-refractivity contribution in [3.05, 3.63) is 47.5 Å². The third-order valence-electron chi connectivity index (χ3n) is 13.2. The maximum atomic E-state index is 14.0. The van der Waals surface area contributed by atoms with E-state index in [9.17, 15) is 23.6 Å². The fraction of sp³-hybridized carbons (Fsp3) is 0.703. The van der Waals surface area contributed by atoms with Gasteiger partial charge in [0.25, 0.3) is 11.8 Å². The van der Waals surface area contributed by atoms with Gasteiger partial charge < -0.3 is 24.3 Å². The number of likely N-dealkylation sites (tertiary alicyclic amines) is 1. The smallest absolute Gasteiger partial charge is 0.447 e. The summed E-state index contributed by atoms with van der Waals surface area (Å²) in [5.41, 5.74) is -0.922. The quantitative estimate of drug-likeness (QED) is 0.204. The molecule has 2 amide bonds. The number of nitriles is 1. The summed E-state index contributed by atoms with van der Waals surface area (Å²) in [6.07, 6.45) is 5.98. The minimum Gasteiger partial charge on any atom is -0.447 e. The van der Waals surface area contributed by atoms with Crippen molar-refractivity contribution < 1.29 is 32.4 Å². The Kier molecular flexibility index (Phi) is 8.47. The van der Waals surface area contributed by atoms with Crippen LogP contribution in [0.25, 0.3) is 0 Å². The Morgan fingerprint density at radius 1 is 1.16 bits per heavy atom. The highest BCUT2D eigenvalue weighted by Gasteiger charge is 2.68. The monoisotopic (exact) mass is 678 g/mol. The zero-order valence-corrected chi connectivity index (χ0v) is 29.3. The summed E-state index contributed by atoms with van der Waals surface area (Å²) in [6, 6.07) is 11.9. The molecule has 0 spiro atoms. The van der Waals surface area contributed by atoms with Gasteiger partial charge in [0.2, 0.25) is 0 Å². The molecule has 12 heteroatoms. The zero-order valence-electron chi connectivity index (χ0n) is 29.3. The van der Waals surface area contributed by atoms with Crippen molar-refractivity contribution in [1.82, 2.24) is 15.1 Å². The highest BCUT2D eigenvalue weighted by atomic mass is 19.3. The number of carbonyl (C=O) groups excluding carboxylic acids is 2. The van der Waals surface area contributed by atoms with Gasteiger partial charge >= 0.3 is 13.2 Å². The molecule has 4 aliphatic heterocycles. The van der Waals surface area contributed by atoms with Gasteiger partial charge in [-0.3, -0.25) is 9.69 Å². The van der Waals surface area contributed by atoms with Crippen LogP contribution >= 0.6 is 0 Å². The predicted molar refractivity (Wildman–Crippen MR) is 179 cm³/mol. The minimum absolute atomic E-state index is 0.00968. The summed E-state index contributed by atoms with van der Waals surface area (Å²) in [5.74, 6) is -2.74. The van der Waals surface area contributed by atoms with Crippen LogP contribution in [0.1, 0.15) is 85.1 Å². The Morgan fingerprint density at radius 3 is 2.51 bits per heavy atom. The van der Waals surface area contributed by atoms with Crippen LogP contribution in [0.3, 0.4) is 0 Å². The van der Waals surface area contributed by atoms with Gasteiger partial charge in [0.1, 0.15) is 18.2 Å². The molecule has 49 heavy (non-hydrogen) atoms. The van der Waals surface area contributed by atoms with E-state index < -0.39 is 54.2 Å². The molecular formula is C37H49BF2N4O5. The third kappa shape index (κ3) is 5.97. The molecule has 1 N–H and O–H groups in total.